The molecule has 0 aliphatic rings. The van der Waals surface area contributed by atoms with E-state index in [1.165, 1.54) is 19.2 Å². The summed E-state index contributed by atoms with van der Waals surface area (Å²) in [5.74, 6) is 0. The molecule has 0 spiro atoms. The Hall–Kier alpha value is 0.348. The van der Waals surface area contributed by atoms with Crippen LogP contribution in [0.3, 0.4) is 0 Å². The first-order valence-corrected chi connectivity index (χ1v) is 7.40. The maximum atomic E-state index is 8.06. The Morgan fingerprint density at radius 3 is 1.28 bits per heavy atom. The number of methoxy groups -OCH3 is 1. The van der Waals surface area contributed by atoms with Gasteiger partial charge in [0.05, 0.1) is 0 Å². The Morgan fingerprint density at radius 1 is 1.11 bits per heavy atom. The van der Waals surface area contributed by atoms with Crippen LogP contribution >= 0.6 is 0 Å². The molecule has 0 saturated heterocycles. The van der Waals surface area contributed by atoms with Crippen molar-refractivity contribution in [2.45, 2.75) is 60.7 Å². The molecule has 0 rings (SSSR count). The van der Waals surface area contributed by atoms with Gasteiger partial charge in [-0.05, 0) is 27.7 Å². The molecule has 0 atom stereocenters. The summed E-state index contributed by atoms with van der Waals surface area (Å²) in [7, 11) is 1.66. The van der Waals surface area contributed by atoms with Crippen molar-refractivity contribution in [1.82, 2.24) is 0 Å². The van der Waals surface area contributed by atoms with Gasteiger partial charge in [-0.2, -0.15) is 5.41 Å². The SMILES string of the molecule is CC(C)O.CC(C)O.COC[C]#[W+].[CH2-]C(C)(C)C. The summed E-state index contributed by atoms with van der Waals surface area (Å²) in [6, 6.07) is 0. The molecule has 0 radical (unpaired) electrons. The van der Waals surface area contributed by atoms with Gasteiger partial charge in [0.2, 0.25) is 0 Å². The average molecular weight is 432 g/mol. The van der Waals surface area contributed by atoms with Crippen molar-refractivity contribution in [3.63, 3.8) is 0 Å². The van der Waals surface area contributed by atoms with Crippen molar-refractivity contribution >= 4 is 0 Å². The average Bonchev–Trinajstić information content (AvgIpc) is 1.99. The summed E-state index contributed by atoms with van der Waals surface area (Å²) in [5.41, 5.74) is 0.250. The molecule has 0 aliphatic carbocycles. The minimum Gasteiger partial charge on any atom is -0.338 e. The van der Waals surface area contributed by atoms with Crippen LogP contribution < -0.4 is 0 Å². The summed E-state index contributed by atoms with van der Waals surface area (Å²) in [6.07, 6.45) is -0.333. The van der Waals surface area contributed by atoms with Crippen LogP contribution in [0.2, 0.25) is 0 Å². The van der Waals surface area contributed by atoms with Gasteiger partial charge in [0.1, 0.15) is 0 Å². The number of hydrogen-bond acceptors (Lipinski definition) is 3. The smallest absolute Gasteiger partial charge is 0.0878 e. The summed E-state index contributed by atoms with van der Waals surface area (Å²) in [4.78, 5) is 0. The van der Waals surface area contributed by atoms with E-state index in [0.29, 0.717) is 6.61 Å². The van der Waals surface area contributed by atoms with Gasteiger partial charge in [0, 0.05) is 12.2 Å². The van der Waals surface area contributed by atoms with Crippen LogP contribution in [0.15, 0.2) is 0 Å². The second-order valence-corrected chi connectivity index (χ2v) is 6.36. The van der Waals surface area contributed by atoms with Crippen LogP contribution in [-0.4, -0.2) is 36.1 Å². The molecule has 2 N–H and O–H groups in total. The molecule has 0 saturated carbocycles. The van der Waals surface area contributed by atoms with Crippen LogP contribution in [-0.2, 0) is 23.9 Å². The predicted octanol–water partition coefficient (Wildman–Crippen LogP) is 2.78. The third kappa shape index (κ3) is 698. The zero-order chi connectivity index (χ0) is 15.8. The molecule has 4 heteroatoms. The molecule has 0 aliphatic heterocycles. The molecule has 0 aromatic rings. The van der Waals surface area contributed by atoms with E-state index < -0.39 is 0 Å². The zero-order valence-corrected chi connectivity index (χ0v) is 16.2. The summed E-state index contributed by atoms with van der Waals surface area (Å²) < 4.78 is 7.48. The van der Waals surface area contributed by atoms with E-state index in [9.17, 15) is 0 Å². The van der Waals surface area contributed by atoms with E-state index in [-0.39, 0.29) is 17.6 Å². The monoisotopic (exact) mass is 432 g/mol. The van der Waals surface area contributed by atoms with E-state index >= 15 is 0 Å². The van der Waals surface area contributed by atoms with Crippen molar-refractivity contribution in [2.24, 2.45) is 5.41 Å². The number of rotatable bonds is 1. The normalized spacial score (nSPS) is 9.11. The minimum absolute atomic E-state index is 0.167. The van der Waals surface area contributed by atoms with E-state index in [4.69, 9.17) is 10.2 Å². The number of aliphatic hydroxyl groups is 2. The van der Waals surface area contributed by atoms with Crippen LogP contribution in [0.4, 0.5) is 0 Å². The van der Waals surface area contributed by atoms with E-state index in [1.807, 2.05) is 0 Å². The van der Waals surface area contributed by atoms with Crippen molar-refractivity contribution < 1.29 is 34.1 Å². The van der Waals surface area contributed by atoms with Crippen molar-refractivity contribution in [2.75, 3.05) is 13.7 Å². The number of ether oxygens (including phenoxy) is 1. The molecule has 0 amide bonds. The van der Waals surface area contributed by atoms with Gasteiger partial charge >= 0.3 is 41.8 Å². The van der Waals surface area contributed by atoms with Crippen LogP contribution in [0.1, 0.15) is 48.5 Å². The molecule has 0 aromatic heterocycles. The second kappa shape index (κ2) is 19.7. The van der Waals surface area contributed by atoms with Gasteiger partial charge in [-0.15, -0.1) is 0 Å². The Morgan fingerprint density at radius 2 is 1.28 bits per heavy atom. The maximum absolute atomic E-state index is 8.06. The molecule has 0 aromatic carbocycles. The summed E-state index contributed by atoms with van der Waals surface area (Å²) >= 11 is 1.35. The quantitative estimate of drug-likeness (QED) is 0.627. The molecular weight excluding hydrogens is 400 g/mol. The summed E-state index contributed by atoms with van der Waals surface area (Å²) in [5, 5.41) is 16.1. The van der Waals surface area contributed by atoms with Crippen LogP contribution in [0.5, 0.6) is 0 Å². The maximum Gasteiger partial charge on any atom is -0.0878 e. The third-order valence-electron chi connectivity index (χ3n) is 0.203. The van der Waals surface area contributed by atoms with Crippen LogP contribution in [0.25, 0.3) is 0 Å². The predicted molar refractivity (Wildman–Crippen MR) is 75.3 cm³/mol. The van der Waals surface area contributed by atoms with Gasteiger partial charge in [0.25, 0.3) is 0 Å². The van der Waals surface area contributed by atoms with Gasteiger partial charge in [-0.25, -0.2) is 0 Å². The molecule has 112 valence electrons. The van der Waals surface area contributed by atoms with Crippen molar-refractivity contribution in [3.05, 3.63) is 6.92 Å². The molecule has 0 heterocycles. The van der Waals surface area contributed by atoms with E-state index in [0.717, 1.165) is 0 Å². The molecular formula is C14H32O3W. The van der Waals surface area contributed by atoms with Gasteiger partial charge in [-0.1, -0.05) is 20.8 Å². The number of aliphatic hydroxyl groups excluding tert-OH is 2. The molecule has 0 unspecified atom stereocenters. The molecule has 3 nitrogen and oxygen atoms in total. The molecule has 18 heavy (non-hydrogen) atoms. The third-order valence-corrected chi connectivity index (χ3v) is 0.627. The number of hydrogen-bond donors (Lipinski definition) is 2. The fourth-order valence-electron chi connectivity index (χ4n) is 0.0589. The first-order valence-electron chi connectivity index (χ1n) is 5.93. The van der Waals surface area contributed by atoms with Gasteiger partial charge in [-0.3, -0.25) is 0 Å². The van der Waals surface area contributed by atoms with E-state index in [2.05, 4.69) is 36.6 Å². The van der Waals surface area contributed by atoms with E-state index in [1.54, 1.807) is 34.8 Å². The zero-order valence-electron chi connectivity index (χ0n) is 13.3. The van der Waals surface area contributed by atoms with Gasteiger partial charge in [0.15, 0.2) is 0 Å². The first kappa shape index (κ1) is 26.8. The topological polar surface area (TPSA) is 49.7 Å². The Kier molecular flexibility index (Phi) is 29.3. The Balaban J connectivity index is -0.0000000731. The fraction of sp³-hybridized carbons (Fsp3) is 0.857. The largest absolute Gasteiger partial charge is 0.338 e. The summed E-state index contributed by atoms with van der Waals surface area (Å²) in [6.45, 7) is 17.6. The fourth-order valence-corrected chi connectivity index (χ4v) is 0.482. The minimum atomic E-state index is -0.167. The second-order valence-electron chi connectivity index (χ2n) is 5.33. The van der Waals surface area contributed by atoms with Crippen molar-refractivity contribution in [3.8, 4) is 4.20 Å². The Bertz CT molecular complexity index is 149. The van der Waals surface area contributed by atoms with Crippen molar-refractivity contribution in [1.29, 1.82) is 0 Å². The van der Waals surface area contributed by atoms with Crippen LogP contribution in [0, 0.1) is 16.5 Å². The first-order chi connectivity index (χ1) is 7.88. The van der Waals surface area contributed by atoms with Gasteiger partial charge < -0.3 is 17.1 Å². The molecule has 0 fully saturated rings. The Labute approximate surface area is 125 Å². The standard InChI is InChI=1S/C5H11.C3H5O.2C3H8O.W/c1-5(2,3)4;1-3-4-2;2*1-3(2)4;/h1H2,2-4H3;3H2,2H3;2*3-4H,1-2H3;/q-1;;;;+1. The molecule has 0 bridgehead atoms.